The van der Waals surface area contributed by atoms with Gasteiger partial charge in [0.25, 0.3) is 0 Å². The van der Waals surface area contributed by atoms with Crippen LogP contribution in [0.2, 0.25) is 0 Å². The van der Waals surface area contributed by atoms with Crippen molar-refractivity contribution in [3.63, 3.8) is 0 Å². The lowest BCUT2D eigenvalue weighted by Gasteiger charge is -2.28. The van der Waals surface area contributed by atoms with E-state index in [1.807, 2.05) is 62.4 Å². The summed E-state index contributed by atoms with van der Waals surface area (Å²) in [6.45, 7) is 3.63. The molecule has 136 valence electrons. The molecule has 0 spiro atoms. The highest BCUT2D eigenvalue weighted by molar-refractivity contribution is 5.99. The molecule has 26 heavy (non-hydrogen) atoms. The zero-order valence-corrected chi connectivity index (χ0v) is 14.8. The topological polar surface area (TPSA) is 78.9 Å². The lowest BCUT2D eigenvalue weighted by molar-refractivity contribution is -0.120. The summed E-state index contributed by atoms with van der Waals surface area (Å²) in [6, 6.07) is 16.7. The lowest BCUT2D eigenvalue weighted by atomic mass is 9.85. The van der Waals surface area contributed by atoms with E-state index >= 15 is 0 Å². The molecule has 0 radical (unpaired) electrons. The molecule has 2 aromatic carbocycles. The molecule has 1 aliphatic rings. The fraction of sp³-hybridized carbons (Fsp3) is 0.300. The number of carbonyl (C=O) groups excluding carboxylic acids is 2. The molecule has 1 heterocycles. The number of hydrogen-bond acceptors (Lipinski definition) is 4. The summed E-state index contributed by atoms with van der Waals surface area (Å²) in [5, 5.41) is 13.0. The van der Waals surface area contributed by atoms with Crippen molar-refractivity contribution in [2.75, 3.05) is 11.4 Å². The van der Waals surface area contributed by atoms with Crippen LogP contribution in [0, 0.1) is 0 Å². The summed E-state index contributed by atoms with van der Waals surface area (Å²) in [4.78, 5) is 25.7. The van der Waals surface area contributed by atoms with Gasteiger partial charge in [0.2, 0.25) is 5.91 Å². The Hall–Kier alpha value is -2.86. The number of nitrogens with one attached hydrogen (secondary N) is 1. The van der Waals surface area contributed by atoms with Crippen molar-refractivity contribution >= 4 is 17.7 Å². The number of anilines is 1. The smallest absolute Gasteiger partial charge is 0.407 e. The van der Waals surface area contributed by atoms with Gasteiger partial charge in [0.05, 0.1) is 5.69 Å². The molecule has 0 saturated heterocycles. The Morgan fingerprint density at radius 3 is 2.50 bits per heavy atom. The Morgan fingerprint density at radius 1 is 1.12 bits per heavy atom. The third-order valence-electron chi connectivity index (χ3n) is 4.61. The number of fused-ring (bicyclic) bond motifs is 1. The maximum absolute atomic E-state index is 12.6. The molecule has 1 unspecified atom stereocenters. The molecule has 6 heteroatoms. The molecular formula is C20H22N2O4. The number of nitrogens with zero attached hydrogens (tertiary/aromatic N) is 1. The van der Waals surface area contributed by atoms with Crippen molar-refractivity contribution in [1.82, 2.24) is 5.32 Å². The summed E-state index contributed by atoms with van der Waals surface area (Å²) < 4.78 is 5.10. The van der Waals surface area contributed by atoms with Crippen molar-refractivity contribution in [1.29, 1.82) is 0 Å². The monoisotopic (exact) mass is 354 g/mol. The predicted molar refractivity (Wildman–Crippen MR) is 97.6 cm³/mol. The average Bonchev–Trinajstić information content (AvgIpc) is 2.85. The molecule has 0 bridgehead atoms. The maximum atomic E-state index is 12.6. The number of carbonyl (C=O) groups is 2. The first kappa shape index (κ1) is 17.9. The van der Waals surface area contributed by atoms with Crippen LogP contribution in [0.15, 0.2) is 54.6 Å². The van der Waals surface area contributed by atoms with Gasteiger partial charge in [-0.2, -0.15) is 0 Å². The highest BCUT2D eigenvalue weighted by Crippen LogP contribution is 2.43. The Morgan fingerprint density at radius 2 is 1.77 bits per heavy atom. The van der Waals surface area contributed by atoms with E-state index in [2.05, 4.69) is 5.32 Å². The van der Waals surface area contributed by atoms with Crippen LogP contribution in [-0.4, -0.2) is 29.9 Å². The van der Waals surface area contributed by atoms with Crippen LogP contribution in [-0.2, 0) is 21.6 Å². The van der Waals surface area contributed by atoms with Crippen LogP contribution in [0.1, 0.15) is 25.0 Å². The minimum atomic E-state index is -0.991. The molecule has 6 nitrogen and oxygen atoms in total. The molecule has 0 aliphatic carbocycles. The summed E-state index contributed by atoms with van der Waals surface area (Å²) in [5.41, 5.74) is 1.83. The number of aliphatic hydroxyl groups excluding tert-OH is 1. The Balaban J connectivity index is 1.59. The molecule has 2 N–H and O–H groups in total. The van der Waals surface area contributed by atoms with E-state index in [9.17, 15) is 14.7 Å². The second kappa shape index (κ2) is 7.17. The van der Waals surface area contributed by atoms with Crippen LogP contribution < -0.4 is 10.2 Å². The van der Waals surface area contributed by atoms with Gasteiger partial charge in [-0.05, 0) is 17.2 Å². The van der Waals surface area contributed by atoms with E-state index in [1.54, 1.807) is 6.07 Å². The van der Waals surface area contributed by atoms with Gasteiger partial charge in [-0.25, -0.2) is 4.79 Å². The Labute approximate surface area is 152 Å². The summed E-state index contributed by atoms with van der Waals surface area (Å²) in [7, 11) is 0. The van der Waals surface area contributed by atoms with Gasteiger partial charge in [-0.3, -0.25) is 9.69 Å². The maximum Gasteiger partial charge on any atom is 0.407 e. The van der Waals surface area contributed by atoms with Crippen molar-refractivity contribution in [3.8, 4) is 0 Å². The van der Waals surface area contributed by atoms with Crippen LogP contribution in [0.4, 0.5) is 10.5 Å². The third kappa shape index (κ3) is 3.41. The molecule has 2 amide bonds. The van der Waals surface area contributed by atoms with E-state index in [0.717, 1.165) is 11.1 Å². The zero-order chi connectivity index (χ0) is 18.7. The van der Waals surface area contributed by atoms with Gasteiger partial charge in [0.1, 0.15) is 19.4 Å². The zero-order valence-electron chi connectivity index (χ0n) is 14.8. The van der Waals surface area contributed by atoms with Crippen molar-refractivity contribution in [2.24, 2.45) is 0 Å². The summed E-state index contributed by atoms with van der Waals surface area (Å²) in [6.07, 6.45) is -1.67. The Kier molecular flexibility index (Phi) is 4.95. The van der Waals surface area contributed by atoms with Crippen LogP contribution in [0.25, 0.3) is 0 Å². The van der Waals surface area contributed by atoms with Crippen molar-refractivity contribution < 1.29 is 19.4 Å². The number of para-hydroxylation sites is 1. The number of benzene rings is 2. The molecule has 0 saturated carbocycles. The molecule has 3 rings (SSSR count). The lowest BCUT2D eigenvalue weighted by Crippen LogP contribution is -2.48. The first-order valence-corrected chi connectivity index (χ1v) is 8.45. The molecule has 0 aromatic heterocycles. The normalized spacial score (nSPS) is 17.5. The highest BCUT2D eigenvalue weighted by Gasteiger charge is 2.45. The molecule has 2 aromatic rings. The van der Waals surface area contributed by atoms with Crippen molar-refractivity contribution in [2.45, 2.75) is 32.1 Å². The van der Waals surface area contributed by atoms with Gasteiger partial charge in [0, 0.05) is 5.41 Å². The second-order valence-corrected chi connectivity index (χ2v) is 6.79. The van der Waals surface area contributed by atoms with Gasteiger partial charge in [-0.15, -0.1) is 0 Å². The minimum Gasteiger partial charge on any atom is -0.445 e. The summed E-state index contributed by atoms with van der Waals surface area (Å²) in [5.74, 6) is -0.396. The molecule has 1 aliphatic heterocycles. The largest absolute Gasteiger partial charge is 0.445 e. The second-order valence-electron chi connectivity index (χ2n) is 6.79. The first-order valence-electron chi connectivity index (χ1n) is 8.45. The number of rotatable bonds is 4. The number of alkyl carbamates (subject to hydrolysis) is 1. The fourth-order valence-corrected chi connectivity index (χ4v) is 3.10. The number of aliphatic hydroxyl groups is 1. The molecule has 0 fully saturated rings. The third-order valence-corrected chi connectivity index (χ3v) is 4.61. The fourth-order valence-electron chi connectivity index (χ4n) is 3.10. The molecular weight excluding hydrogens is 332 g/mol. The standard InChI is InChI=1S/C20H22N2O4/c1-20(2)15-10-6-7-11-16(15)22(18(20)24)17(23)12-21-19(25)26-13-14-8-4-3-5-9-14/h3-11,18,24H,12-13H2,1-2H3,(H,21,25). The van der Waals surface area contributed by atoms with Crippen LogP contribution in [0.3, 0.4) is 0 Å². The van der Waals surface area contributed by atoms with Gasteiger partial charge in [-0.1, -0.05) is 62.4 Å². The van der Waals surface area contributed by atoms with E-state index in [1.165, 1.54) is 4.90 Å². The number of ether oxygens (including phenoxy) is 1. The van der Waals surface area contributed by atoms with Crippen LogP contribution in [0.5, 0.6) is 0 Å². The van der Waals surface area contributed by atoms with Gasteiger partial charge in [0.15, 0.2) is 0 Å². The SMILES string of the molecule is CC1(C)c2ccccc2N(C(=O)CNC(=O)OCc2ccccc2)C1O. The quantitative estimate of drug-likeness (QED) is 0.884. The highest BCUT2D eigenvalue weighted by atomic mass is 16.5. The van der Waals surface area contributed by atoms with E-state index in [-0.39, 0.29) is 13.2 Å². The van der Waals surface area contributed by atoms with Crippen molar-refractivity contribution in [3.05, 3.63) is 65.7 Å². The minimum absolute atomic E-state index is 0.128. The van der Waals surface area contributed by atoms with E-state index < -0.39 is 23.6 Å². The van der Waals surface area contributed by atoms with Crippen LogP contribution >= 0.6 is 0 Å². The average molecular weight is 354 g/mol. The first-order chi connectivity index (χ1) is 12.4. The summed E-state index contributed by atoms with van der Waals surface area (Å²) >= 11 is 0. The number of hydrogen-bond donors (Lipinski definition) is 2. The predicted octanol–water partition coefficient (Wildman–Crippen LogP) is 2.56. The van der Waals surface area contributed by atoms with E-state index in [4.69, 9.17) is 4.74 Å². The number of amides is 2. The molecule has 1 atom stereocenters. The van der Waals surface area contributed by atoms with E-state index in [0.29, 0.717) is 5.69 Å². The van der Waals surface area contributed by atoms with Gasteiger partial charge >= 0.3 is 6.09 Å². The Bertz CT molecular complexity index is 804. The van der Waals surface area contributed by atoms with Gasteiger partial charge < -0.3 is 15.2 Å².